The number of hydrogen-bond acceptors (Lipinski definition) is 4. The molecule has 3 amide bonds. The van der Waals surface area contributed by atoms with Gasteiger partial charge in [0.05, 0.1) is 21.3 Å². The van der Waals surface area contributed by atoms with Gasteiger partial charge in [0.15, 0.2) is 0 Å². The highest BCUT2D eigenvalue weighted by molar-refractivity contribution is 7.09. The van der Waals surface area contributed by atoms with Crippen LogP contribution in [0.15, 0.2) is 29.6 Å². The number of rotatable bonds is 4. The Balaban J connectivity index is 1.48. The molecule has 0 bridgehead atoms. The van der Waals surface area contributed by atoms with E-state index >= 15 is 0 Å². The molecule has 1 fully saturated rings. The largest absolute Gasteiger partial charge is 0.338 e. The minimum Gasteiger partial charge on any atom is -0.338 e. The van der Waals surface area contributed by atoms with Crippen LogP contribution in [0.1, 0.15) is 48.3 Å². The lowest BCUT2D eigenvalue weighted by Gasteiger charge is -2.22. The van der Waals surface area contributed by atoms with Crippen LogP contribution in [-0.4, -0.2) is 59.4 Å². The number of carbonyl (C=O) groups excluding carboxylic acids is 2. The summed E-state index contributed by atoms with van der Waals surface area (Å²) in [4.78, 5) is 33.6. The zero-order valence-corrected chi connectivity index (χ0v) is 19.4. The van der Waals surface area contributed by atoms with E-state index in [4.69, 9.17) is 11.6 Å². The smallest absolute Gasteiger partial charge is 0.317 e. The predicted molar refractivity (Wildman–Crippen MR) is 121 cm³/mol. The topological polar surface area (TPSA) is 65.5 Å². The molecule has 0 aliphatic carbocycles. The minimum atomic E-state index is -0.0883. The fourth-order valence-electron chi connectivity index (χ4n) is 3.29. The van der Waals surface area contributed by atoms with Crippen molar-refractivity contribution in [3.8, 4) is 0 Å². The molecule has 0 spiro atoms. The summed E-state index contributed by atoms with van der Waals surface area (Å²) in [5, 5.41) is 6.58. The lowest BCUT2D eigenvalue weighted by Crippen LogP contribution is -2.43. The van der Waals surface area contributed by atoms with Crippen molar-refractivity contribution in [3.63, 3.8) is 0 Å². The van der Waals surface area contributed by atoms with E-state index in [1.165, 1.54) is 0 Å². The number of carbonyl (C=O) groups is 2. The van der Waals surface area contributed by atoms with Crippen molar-refractivity contribution in [3.05, 3.63) is 50.9 Å². The third kappa shape index (κ3) is 5.73. The molecule has 162 valence electrons. The Morgan fingerprint density at radius 2 is 1.83 bits per heavy atom. The molecule has 1 aromatic heterocycles. The monoisotopic (exact) mass is 448 g/mol. The first-order valence-corrected chi connectivity index (χ1v) is 11.5. The van der Waals surface area contributed by atoms with Crippen LogP contribution in [0.4, 0.5) is 4.79 Å². The van der Waals surface area contributed by atoms with Crippen LogP contribution in [-0.2, 0) is 11.8 Å². The van der Waals surface area contributed by atoms with Gasteiger partial charge in [-0.15, -0.1) is 11.3 Å². The number of nitrogens with zero attached hydrogens (tertiary/aromatic N) is 3. The Kier molecular flexibility index (Phi) is 7.36. The lowest BCUT2D eigenvalue weighted by atomic mass is 9.93. The molecule has 0 unspecified atom stereocenters. The van der Waals surface area contributed by atoms with Gasteiger partial charge in [-0.2, -0.15) is 0 Å². The first-order valence-electron chi connectivity index (χ1n) is 10.3. The number of halogens is 1. The average molecular weight is 449 g/mol. The molecule has 1 N–H and O–H groups in total. The first kappa shape index (κ1) is 22.6. The molecular weight excluding hydrogens is 420 g/mol. The highest BCUT2D eigenvalue weighted by atomic mass is 35.5. The summed E-state index contributed by atoms with van der Waals surface area (Å²) in [5.74, 6) is -0.0821. The number of hydrogen-bond donors (Lipinski definition) is 1. The zero-order valence-electron chi connectivity index (χ0n) is 17.8. The van der Waals surface area contributed by atoms with Crippen LogP contribution >= 0.6 is 22.9 Å². The Morgan fingerprint density at radius 1 is 1.13 bits per heavy atom. The van der Waals surface area contributed by atoms with Crippen LogP contribution in [0.5, 0.6) is 0 Å². The van der Waals surface area contributed by atoms with E-state index < -0.39 is 0 Å². The summed E-state index contributed by atoms with van der Waals surface area (Å²) in [6.07, 6.45) is 1.46. The van der Waals surface area contributed by atoms with E-state index in [0.717, 1.165) is 23.5 Å². The van der Waals surface area contributed by atoms with Gasteiger partial charge in [0, 0.05) is 49.9 Å². The quantitative estimate of drug-likeness (QED) is 0.762. The third-order valence-electron chi connectivity index (χ3n) is 5.11. The van der Waals surface area contributed by atoms with Crippen molar-refractivity contribution >= 4 is 34.9 Å². The van der Waals surface area contributed by atoms with E-state index in [2.05, 4.69) is 36.5 Å². The fourth-order valence-corrected chi connectivity index (χ4v) is 4.53. The molecule has 2 heterocycles. The summed E-state index contributed by atoms with van der Waals surface area (Å²) < 4.78 is 0. The predicted octanol–water partition coefficient (Wildman–Crippen LogP) is 4.19. The number of nitrogens with one attached hydrogen (secondary N) is 1. The summed E-state index contributed by atoms with van der Waals surface area (Å²) in [7, 11) is 0. The molecule has 0 saturated carbocycles. The maximum atomic E-state index is 12.8. The molecule has 6 nitrogen and oxygen atoms in total. The normalized spacial score (nSPS) is 15.1. The molecule has 8 heteroatoms. The van der Waals surface area contributed by atoms with Crippen molar-refractivity contribution in [2.75, 3.05) is 32.7 Å². The fraction of sp³-hybridized carbons (Fsp3) is 0.500. The summed E-state index contributed by atoms with van der Waals surface area (Å²) in [6.45, 7) is 9.24. The van der Waals surface area contributed by atoms with Crippen molar-refractivity contribution < 1.29 is 9.59 Å². The summed E-state index contributed by atoms with van der Waals surface area (Å²) in [6, 6.07) is 6.99. The molecule has 1 saturated heterocycles. The Morgan fingerprint density at radius 3 is 2.53 bits per heavy atom. The van der Waals surface area contributed by atoms with Gasteiger partial charge in [-0.3, -0.25) is 4.79 Å². The SMILES string of the molecule is CC(C)(C)c1csc(CCNC(=O)N2CCCN(C(=O)c3ccccc3Cl)CC2)n1. The maximum Gasteiger partial charge on any atom is 0.317 e. The van der Waals surface area contributed by atoms with Gasteiger partial charge in [0.1, 0.15) is 0 Å². The number of thiazole rings is 1. The van der Waals surface area contributed by atoms with Crippen LogP contribution < -0.4 is 5.32 Å². The Bertz CT molecular complexity index is 893. The highest BCUT2D eigenvalue weighted by Crippen LogP contribution is 2.24. The van der Waals surface area contributed by atoms with Crippen molar-refractivity contribution in [1.82, 2.24) is 20.1 Å². The standard InChI is InChI=1S/C22H29ClN4O2S/c1-22(2,3)18-15-30-19(25-18)9-10-24-21(29)27-12-6-11-26(13-14-27)20(28)16-7-4-5-8-17(16)23/h4-5,7-8,15H,6,9-14H2,1-3H3,(H,24,29). The molecule has 1 aliphatic heterocycles. The zero-order chi connectivity index (χ0) is 21.7. The minimum absolute atomic E-state index is 0.0390. The van der Waals surface area contributed by atoms with E-state index in [1.54, 1.807) is 33.3 Å². The van der Waals surface area contributed by atoms with Crippen LogP contribution in [0, 0.1) is 0 Å². The number of benzene rings is 1. The van der Waals surface area contributed by atoms with E-state index in [-0.39, 0.29) is 17.4 Å². The molecule has 1 aliphatic rings. The lowest BCUT2D eigenvalue weighted by molar-refractivity contribution is 0.0762. The molecule has 2 aromatic rings. The molecule has 3 rings (SSSR count). The van der Waals surface area contributed by atoms with Gasteiger partial charge in [0.25, 0.3) is 5.91 Å². The highest BCUT2D eigenvalue weighted by Gasteiger charge is 2.24. The van der Waals surface area contributed by atoms with Crippen LogP contribution in [0.3, 0.4) is 0 Å². The second-order valence-electron chi connectivity index (χ2n) is 8.47. The van der Waals surface area contributed by atoms with Crippen molar-refractivity contribution in [2.45, 2.75) is 39.0 Å². The van der Waals surface area contributed by atoms with E-state index in [9.17, 15) is 9.59 Å². The summed E-state index contributed by atoms with van der Waals surface area (Å²) >= 11 is 7.80. The molecule has 0 radical (unpaired) electrons. The Labute approximate surface area is 187 Å². The van der Waals surface area contributed by atoms with Crippen molar-refractivity contribution in [1.29, 1.82) is 0 Å². The number of amides is 3. The van der Waals surface area contributed by atoms with Crippen molar-refractivity contribution in [2.24, 2.45) is 0 Å². The maximum absolute atomic E-state index is 12.8. The number of aromatic nitrogens is 1. The number of urea groups is 1. The summed E-state index contributed by atoms with van der Waals surface area (Å²) in [5.41, 5.74) is 1.64. The molecule has 0 atom stereocenters. The molecule has 30 heavy (non-hydrogen) atoms. The molecule has 1 aromatic carbocycles. The third-order valence-corrected chi connectivity index (χ3v) is 6.35. The van der Waals surface area contributed by atoms with Gasteiger partial charge in [-0.05, 0) is 18.6 Å². The van der Waals surface area contributed by atoms with E-state index in [0.29, 0.717) is 43.3 Å². The second-order valence-corrected chi connectivity index (χ2v) is 9.82. The van der Waals surface area contributed by atoms with Crippen LogP contribution in [0.25, 0.3) is 0 Å². The van der Waals surface area contributed by atoms with Gasteiger partial charge >= 0.3 is 6.03 Å². The van der Waals surface area contributed by atoms with Gasteiger partial charge < -0.3 is 15.1 Å². The van der Waals surface area contributed by atoms with Crippen LogP contribution in [0.2, 0.25) is 5.02 Å². The van der Waals surface area contributed by atoms with Gasteiger partial charge in [-0.1, -0.05) is 44.5 Å². The van der Waals surface area contributed by atoms with E-state index in [1.807, 2.05) is 12.1 Å². The molecular formula is C22H29ClN4O2S. The Hall–Kier alpha value is -2.12. The van der Waals surface area contributed by atoms with Gasteiger partial charge in [-0.25, -0.2) is 9.78 Å². The average Bonchev–Trinajstić information content (AvgIpc) is 3.04. The second kappa shape index (κ2) is 9.79. The first-order chi connectivity index (χ1) is 14.3. The van der Waals surface area contributed by atoms with Gasteiger partial charge in [0.2, 0.25) is 0 Å².